The fourth-order valence-corrected chi connectivity index (χ4v) is 2.16. The molecule has 0 amide bonds. The highest BCUT2D eigenvalue weighted by Gasteiger charge is 2.15. The van der Waals surface area contributed by atoms with E-state index in [0.717, 1.165) is 16.7 Å². The van der Waals surface area contributed by atoms with E-state index in [-0.39, 0.29) is 0 Å². The topological polar surface area (TPSA) is 63.3 Å². The molecule has 3 heteroatoms. The summed E-state index contributed by atoms with van der Waals surface area (Å²) in [5.41, 5.74) is 9.94. The van der Waals surface area contributed by atoms with Gasteiger partial charge in [-0.1, -0.05) is 48.5 Å². The predicted molar refractivity (Wildman–Crippen MR) is 75.9 cm³/mol. The molecule has 3 nitrogen and oxygen atoms in total. The minimum Gasteiger partial charge on any atom is -0.480 e. The number of carboxylic acids is 1. The summed E-state index contributed by atoms with van der Waals surface area (Å²) in [6, 6.07) is 15.0. The van der Waals surface area contributed by atoms with Crippen LogP contribution in [0.1, 0.15) is 11.1 Å². The molecule has 0 spiro atoms. The predicted octanol–water partition coefficient (Wildman–Crippen LogP) is 2.62. The zero-order valence-corrected chi connectivity index (χ0v) is 10.8. The molecule has 0 radical (unpaired) electrons. The number of aryl methyl sites for hydroxylation is 1. The summed E-state index contributed by atoms with van der Waals surface area (Å²) in [7, 11) is 0. The molecular weight excluding hydrogens is 238 g/mol. The molecule has 0 fully saturated rings. The highest BCUT2D eigenvalue weighted by molar-refractivity contribution is 5.75. The molecule has 0 aromatic heterocycles. The SMILES string of the molecule is Cc1ccccc1-c1ccccc1CC(N)C(=O)O. The maximum absolute atomic E-state index is 10.9. The first kappa shape index (κ1) is 13.3. The van der Waals surface area contributed by atoms with Crippen molar-refractivity contribution < 1.29 is 9.90 Å². The van der Waals surface area contributed by atoms with Crippen LogP contribution >= 0.6 is 0 Å². The minimum absolute atomic E-state index is 0.333. The molecule has 98 valence electrons. The Balaban J connectivity index is 2.42. The van der Waals surface area contributed by atoms with Gasteiger partial charge in [-0.25, -0.2) is 0 Å². The fourth-order valence-electron chi connectivity index (χ4n) is 2.16. The van der Waals surface area contributed by atoms with Gasteiger partial charge < -0.3 is 10.8 Å². The van der Waals surface area contributed by atoms with Crippen LogP contribution in [0.2, 0.25) is 0 Å². The fraction of sp³-hybridized carbons (Fsp3) is 0.188. The molecule has 0 saturated heterocycles. The summed E-state index contributed by atoms with van der Waals surface area (Å²) in [6.45, 7) is 2.04. The van der Waals surface area contributed by atoms with Crippen LogP contribution in [0.3, 0.4) is 0 Å². The monoisotopic (exact) mass is 255 g/mol. The molecule has 1 unspecified atom stereocenters. The Morgan fingerprint density at radius 1 is 1.11 bits per heavy atom. The molecule has 0 saturated carbocycles. The summed E-state index contributed by atoms with van der Waals surface area (Å²) in [6.07, 6.45) is 0.333. The summed E-state index contributed by atoms with van der Waals surface area (Å²) >= 11 is 0. The molecule has 0 aliphatic carbocycles. The van der Waals surface area contributed by atoms with Gasteiger partial charge in [-0.3, -0.25) is 4.79 Å². The van der Waals surface area contributed by atoms with Gasteiger partial charge in [0, 0.05) is 0 Å². The van der Waals surface area contributed by atoms with Crippen molar-refractivity contribution in [2.45, 2.75) is 19.4 Å². The number of benzene rings is 2. The molecule has 2 aromatic rings. The first-order valence-corrected chi connectivity index (χ1v) is 6.22. The third-order valence-electron chi connectivity index (χ3n) is 3.21. The van der Waals surface area contributed by atoms with Gasteiger partial charge in [0.25, 0.3) is 0 Å². The van der Waals surface area contributed by atoms with Crippen LogP contribution in [0.4, 0.5) is 0 Å². The lowest BCUT2D eigenvalue weighted by Gasteiger charge is -2.13. The van der Waals surface area contributed by atoms with E-state index in [1.165, 1.54) is 5.56 Å². The first-order valence-electron chi connectivity index (χ1n) is 6.22. The Labute approximate surface area is 112 Å². The van der Waals surface area contributed by atoms with E-state index in [0.29, 0.717) is 6.42 Å². The van der Waals surface area contributed by atoms with Crippen LogP contribution in [-0.4, -0.2) is 17.1 Å². The number of hydrogen-bond acceptors (Lipinski definition) is 2. The van der Waals surface area contributed by atoms with Crippen molar-refractivity contribution in [1.29, 1.82) is 0 Å². The Kier molecular flexibility index (Phi) is 3.97. The number of aliphatic carboxylic acids is 1. The molecule has 0 heterocycles. The summed E-state index contributed by atoms with van der Waals surface area (Å²) < 4.78 is 0. The lowest BCUT2D eigenvalue weighted by Crippen LogP contribution is -2.32. The van der Waals surface area contributed by atoms with E-state index in [1.54, 1.807) is 0 Å². The van der Waals surface area contributed by atoms with Gasteiger partial charge in [-0.05, 0) is 35.6 Å². The summed E-state index contributed by atoms with van der Waals surface area (Å²) in [4.78, 5) is 10.9. The Morgan fingerprint density at radius 3 is 2.32 bits per heavy atom. The highest BCUT2D eigenvalue weighted by Crippen LogP contribution is 2.27. The molecule has 2 aromatic carbocycles. The van der Waals surface area contributed by atoms with E-state index in [1.807, 2.05) is 55.5 Å². The van der Waals surface area contributed by atoms with Gasteiger partial charge in [-0.15, -0.1) is 0 Å². The average Bonchev–Trinajstić information content (AvgIpc) is 2.40. The molecule has 1 atom stereocenters. The first-order chi connectivity index (χ1) is 9.09. The highest BCUT2D eigenvalue weighted by atomic mass is 16.4. The number of hydrogen-bond donors (Lipinski definition) is 2. The standard InChI is InChI=1S/C16H17NO2/c1-11-6-2-4-8-13(11)14-9-5-3-7-12(14)10-15(17)16(18)19/h2-9,15H,10,17H2,1H3,(H,18,19). The lowest BCUT2D eigenvalue weighted by atomic mass is 9.93. The third kappa shape index (κ3) is 3.01. The Morgan fingerprint density at radius 2 is 1.68 bits per heavy atom. The van der Waals surface area contributed by atoms with E-state index in [4.69, 9.17) is 10.8 Å². The Hall–Kier alpha value is -2.13. The smallest absolute Gasteiger partial charge is 0.320 e. The van der Waals surface area contributed by atoms with Crippen LogP contribution in [-0.2, 0) is 11.2 Å². The van der Waals surface area contributed by atoms with Crippen molar-refractivity contribution in [3.05, 3.63) is 59.7 Å². The second-order valence-corrected chi connectivity index (χ2v) is 4.62. The van der Waals surface area contributed by atoms with Gasteiger partial charge >= 0.3 is 5.97 Å². The van der Waals surface area contributed by atoms with E-state index >= 15 is 0 Å². The Bertz CT molecular complexity index is 593. The number of carboxylic acid groups (broad SMARTS) is 1. The number of nitrogens with two attached hydrogens (primary N) is 1. The minimum atomic E-state index is -0.973. The van der Waals surface area contributed by atoms with Crippen molar-refractivity contribution >= 4 is 5.97 Å². The van der Waals surface area contributed by atoms with E-state index in [9.17, 15) is 4.79 Å². The van der Waals surface area contributed by atoms with Gasteiger partial charge in [0.2, 0.25) is 0 Å². The molecule has 2 rings (SSSR count). The summed E-state index contributed by atoms with van der Waals surface area (Å²) in [5, 5.41) is 8.93. The normalized spacial score (nSPS) is 12.1. The van der Waals surface area contributed by atoms with Crippen molar-refractivity contribution in [2.75, 3.05) is 0 Å². The van der Waals surface area contributed by atoms with Crippen molar-refractivity contribution in [3.8, 4) is 11.1 Å². The van der Waals surface area contributed by atoms with Crippen LogP contribution in [0.15, 0.2) is 48.5 Å². The van der Waals surface area contributed by atoms with E-state index < -0.39 is 12.0 Å². The van der Waals surface area contributed by atoms with Crippen LogP contribution < -0.4 is 5.73 Å². The molecule has 19 heavy (non-hydrogen) atoms. The second kappa shape index (κ2) is 5.67. The quantitative estimate of drug-likeness (QED) is 0.882. The van der Waals surface area contributed by atoms with Crippen LogP contribution in [0.5, 0.6) is 0 Å². The van der Waals surface area contributed by atoms with Gasteiger partial charge in [-0.2, -0.15) is 0 Å². The maximum atomic E-state index is 10.9. The molecule has 0 aliphatic rings. The van der Waals surface area contributed by atoms with Crippen LogP contribution in [0, 0.1) is 6.92 Å². The number of carbonyl (C=O) groups is 1. The lowest BCUT2D eigenvalue weighted by molar-refractivity contribution is -0.138. The zero-order chi connectivity index (χ0) is 13.8. The van der Waals surface area contributed by atoms with Crippen molar-refractivity contribution in [2.24, 2.45) is 5.73 Å². The molecule has 0 aliphatic heterocycles. The zero-order valence-electron chi connectivity index (χ0n) is 10.8. The summed E-state index contributed by atoms with van der Waals surface area (Å²) in [5.74, 6) is -0.973. The maximum Gasteiger partial charge on any atom is 0.320 e. The van der Waals surface area contributed by atoms with Gasteiger partial charge in [0.1, 0.15) is 6.04 Å². The average molecular weight is 255 g/mol. The third-order valence-corrected chi connectivity index (χ3v) is 3.21. The second-order valence-electron chi connectivity index (χ2n) is 4.62. The number of rotatable bonds is 4. The van der Waals surface area contributed by atoms with Gasteiger partial charge in [0.05, 0.1) is 0 Å². The van der Waals surface area contributed by atoms with Crippen LogP contribution in [0.25, 0.3) is 11.1 Å². The largest absolute Gasteiger partial charge is 0.480 e. The van der Waals surface area contributed by atoms with Crippen molar-refractivity contribution in [1.82, 2.24) is 0 Å². The molecule has 0 bridgehead atoms. The van der Waals surface area contributed by atoms with Gasteiger partial charge in [0.15, 0.2) is 0 Å². The van der Waals surface area contributed by atoms with Crippen molar-refractivity contribution in [3.63, 3.8) is 0 Å². The molecular formula is C16H17NO2. The van der Waals surface area contributed by atoms with E-state index in [2.05, 4.69) is 0 Å². The molecule has 3 N–H and O–H groups in total.